The Morgan fingerprint density at radius 1 is 1.11 bits per heavy atom. The van der Waals surface area contributed by atoms with E-state index in [9.17, 15) is 4.79 Å². The van der Waals surface area contributed by atoms with Gasteiger partial charge in [-0.25, -0.2) is 4.79 Å². The summed E-state index contributed by atoms with van der Waals surface area (Å²) in [5, 5.41) is 3.13. The van der Waals surface area contributed by atoms with E-state index in [4.69, 9.17) is 0 Å². The topological polar surface area (TPSA) is 37.3 Å². The molecule has 0 fully saturated rings. The highest BCUT2D eigenvalue weighted by molar-refractivity contribution is 5.90. The van der Waals surface area contributed by atoms with Gasteiger partial charge in [-0.2, -0.15) is 0 Å². The zero-order valence-electron chi connectivity index (χ0n) is 16.1. The lowest BCUT2D eigenvalue weighted by molar-refractivity contribution is 0.181. The average molecular weight is 359 g/mol. The molecule has 0 saturated heterocycles. The van der Waals surface area contributed by atoms with Crippen molar-refractivity contribution in [2.75, 3.05) is 5.32 Å². The van der Waals surface area contributed by atoms with Crippen LogP contribution in [-0.2, 0) is 6.54 Å². The molecule has 0 aliphatic carbocycles. The summed E-state index contributed by atoms with van der Waals surface area (Å²) >= 11 is 0. The van der Waals surface area contributed by atoms with Gasteiger partial charge < -0.3 is 14.8 Å². The summed E-state index contributed by atoms with van der Waals surface area (Å²) in [6, 6.07) is 18.6. The van der Waals surface area contributed by atoms with Crippen molar-refractivity contribution in [3.05, 3.63) is 83.2 Å². The Kier molecular flexibility index (Phi) is 4.48. The van der Waals surface area contributed by atoms with Gasteiger partial charge in [-0.3, -0.25) is 0 Å². The zero-order valence-corrected chi connectivity index (χ0v) is 16.1. The fourth-order valence-electron chi connectivity index (χ4n) is 4.00. The van der Waals surface area contributed by atoms with E-state index in [1.165, 1.54) is 5.56 Å². The van der Waals surface area contributed by atoms with E-state index in [1.807, 2.05) is 30.0 Å². The molecule has 1 atom stereocenters. The number of para-hydroxylation sites is 1. The minimum Gasteiger partial charge on any atom is -0.318 e. The van der Waals surface area contributed by atoms with Crippen LogP contribution >= 0.6 is 0 Å². The maximum absolute atomic E-state index is 13.3. The number of aromatic nitrogens is 1. The maximum Gasteiger partial charge on any atom is 0.322 e. The van der Waals surface area contributed by atoms with Gasteiger partial charge in [0.1, 0.15) is 0 Å². The molecule has 1 aliphatic rings. The number of hydrogen-bond acceptors (Lipinski definition) is 1. The highest BCUT2D eigenvalue weighted by Gasteiger charge is 2.30. The normalized spacial score (nSPS) is 15.7. The first-order chi connectivity index (χ1) is 13.1. The van der Waals surface area contributed by atoms with Crippen molar-refractivity contribution in [1.82, 2.24) is 9.47 Å². The Balaban J connectivity index is 1.72. The van der Waals surface area contributed by atoms with E-state index in [2.05, 4.69) is 66.3 Å². The first kappa shape index (κ1) is 17.4. The fraction of sp³-hybridized carbons (Fsp3) is 0.261. The van der Waals surface area contributed by atoms with Crippen LogP contribution in [0.5, 0.6) is 0 Å². The van der Waals surface area contributed by atoms with Crippen LogP contribution in [0.4, 0.5) is 10.5 Å². The molecule has 2 aromatic carbocycles. The molecule has 4 heteroatoms. The first-order valence-corrected chi connectivity index (χ1v) is 9.49. The second-order valence-electron chi connectivity index (χ2n) is 7.23. The predicted molar refractivity (Wildman–Crippen MR) is 109 cm³/mol. The molecule has 1 aromatic heterocycles. The summed E-state index contributed by atoms with van der Waals surface area (Å²) in [4.78, 5) is 15.2. The molecule has 0 saturated carbocycles. The van der Waals surface area contributed by atoms with Gasteiger partial charge in [-0.1, -0.05) is 42.8 Å². The van der Waals surface area contributed by atoms with Crippen LogP contribution < -0.4 is 5.32 Å². The van der Waals surface area contributed by atoms with Crippen molar-refractivity contribution in [2.24, 2.45) is 0 Å². The number of benzene rings is 2. The van der Waals surface area contributed by atoms with Crippen LogP contribution in [0, 0.1) is 13.8 Å². The van der Waals surface area contributed by atoms with Crippen LogP contribution in [0.15, 0.2) is 60.8 Å². The van der Waals surface area contributed by atoms with Gasteiger partial charge in [0.25, 0.3) is 0 Å². The number of rotatable bonds is 2. The number of aryl methyl sites for hydroxylation is 2. The van der Waals surface area contributed by atoms with Crippen LogP contribution in [0.25, 0.3) is 5.69 Å². The molecule has 0 bridgehead atoms. The van der Waals surface area contributed by atoms with E-state index < -0.39 is 0 Å². The number of hydrogen-bond donors (Lipinski definition) is 1. The number of amides is 2. The van der Waals surface area contributed by atoms with E-state index in [0.29, 0.717) is 6.54 Å². The quantitative estimate of drug-likeness (QED) is 0.636. The van der Waals surface area contributed by atoms with Gasteiger partial charge in [0.15, 0.2) is 0 Å². The van der Waals surface area contributed by atoms with Gasteiger partial charge in [0.2, 0.25) is 0 Å². The molecule has 4 nitrogen and oxygen atoms in total. The van der Waals surface area contributed by atoms with Gasteiger partial charge in [-0.05, 0) is 55.7 Å². The van der Waals surface area contributed by atoms with Crippen molar-refractivity contribution in [3.8, 4) is 5.69 Å². The summed E-state index contributed by atoms with van der Waals surface area (Å²) in [5.74, 6) is 0. The zero-order chi connectivity index (χ0) is 19.0. The molecule has 2 amide bonds. The molecule has 0 unspecified atom stereocenters. The lowest BCUT2D eigenvalue weighted by Gasteiger charge is -2.30. The molecule has 27 heavy (non-hydrogen) atoms. The van der Waals surface area contributed by atoms with Crippen molar-refractivity contribution in [3.63, 3.8) is 0 Å². The Labute approximate surface area is 160 Å². The molecule has 4 rings (SSSR count). The second kappa shape index (κ2) is 6.95. The summed E-state index contributed by atoms with van der Waals surface area (Å²) < 4.78 is 2.22. The Morgan fingerprint density at radius 3 is 2.70 bits per heavy atom. The number of carbonyl (C=O) groups is 1. The SMILES string of the molecule is CC[C@@H]1c2cccn2-c2ccccc2CN1C(=O)Nc1ccc(C)cc1C. The Bertz CT molecular complexity index is 989. The molecule has 138 valence electrons. The number of fused-ring (bicyclic) bond motifs is 3. The van der Waals surface area contributed by atoms with Crippen LogP contribution in [0.2, 0.25) is 0 Å². The Hall–Kier alpha value is -3.01. The van der Waals surface area contributed by atoms with Crippen molar-refractivity contribution < 1.29 is 4.79 Å². The summed E-state index contributed by atoms with van der Waals surface area (Å²) in [5.41, 5.74) is 6.60. The van der Waals surface area contributed by atoms with Crippen molar-refractivity contribution in [1.29, 1.82) is 0 Å². The third-order valence-corrected chi connectivity index (χ3v) is 5.36. The number of anilines is 1. The maximum atomic E-state index is 13.3. The lowest BCUT2D eigenvalue weighted by Crippen LogP contribution is -2.37. The summed E-state index contributed by atoms with van der Waals surface area (Å²) in [6.07, 6.45) is 2.95. The Morgan fingerprint density at radius 2 is 1.93 bits per heavy atom. The number of carbonyl (C=O) groups excluding carboxylic acids is 1. The lowest BCUT2D eigenvalue weighted by atomic mass is 10.1. The minimum absolute atomic E-state index is 0.0261. The van der Waals surface area contributed by atoms with E-state index in [-0.39, 0.29) is 12.1 Å². The third kappa shape index (κ3) is 3.12. The largest absolute Gasteiger partial charge is 0.322 e. The molecule has 2 heterocycles. The van der Waals surface area contributed by atoms with Gasteiger partial charge in [0.05, 0.1) is 18.3 Å². The van der Waals surface area contributed by atoms with Gasteiger partial charge in [-0.15, -0.1) is 0 Å². The number of nitrogens with one attached hydrogen (secondary N) is 1. The average Bonchev–Trinajstić information content (AvgIpc) is 3.08. The number of nitrogens with zero attached hydrogens (tertiary/aromatic N) is 2. The molecule has 0 radical (unpaired) electrons. The molecule has 3 aromatic rings. The van der Waals surface area contributed by atoms with Crippen LogP contribution in [-0.4, -0.2) is 15.5 Å². The molecular weight excluding hydrogens is 334 g/mol. The second-order valence-corrected chi connectivity index (χ2v) is 7.23. The van der Waals surface area contributed by atoms with Gasteiger partial charge in [0, 0.05) is 17.6 Å². The van der Waals surface area contributed by atoms with Gasteiger partial charge >= 0.3 is 6.03 Å². The standard InChI is InChI=1S/C23H25N3O/c1-4-20-22-10-7-13-25(22)21-9-6-5-8-18(21)15-26(20)23(27)24-19-12-11-16(2)14-17(19)3/h5-14,20H,4,15H2,1-3H3,(H,24,27)/t20-/m1/s1. The number of urea groups is 1. The monoisotopic (exact) mass is 359 g/mol. The predicted octanol–water partition coefficient (Wildman–Crippen LogP) is 5.59. The highest BCUT2D eigenvalue weighted by Crippen LogP contribution is 2.34. The van der Waals surface area contributed by atoms with E-state index in [1.54, 1.807) is 0 Å². The molecule has 0 spiro atoms. The highest BCUT2D eigenvalue weighted by atomic mass is 16.2. The van der Waals surface area contributed by atoms with Crippen molar-refractivity contribution in [2.45, 2.75) is 39.8 Å². The fourth-order valence-corrected chi connectivity index (χ4v) is 4.00. The smallest absolute Gasteiger partial charge is 0.318 e. The molecule has 1 N–H and O–H groups in total. The minimum atomic E-state index is -0.0572. The molecular formula is C23H25N3O. The first-order valence-electron chi connectivity index (χ1n) is 9.49. The summed E-state index contributed by atoms with van der Waals surface area (Å²) in [7, 11) is 0. The molecule has 1 aliphatic heterocycles. The van der Waals surface area contributed by atoms with E-state index in [0.717, 1.165) is 34.6 Å². The van der Waals surface area contributed by atoms with Crippen LogP contribution in [0.3, 0.4) is 0 Å². The van der Waals surface area contributed by atoms with Crippen LogP contribution in [0.1, 0.15) is 41.8 Å². The van der Waals surface area contributed by atoms with Crippen molar-refractivity contribution >= 4 is 11.7 Å². The van der Waals surface area contributed by atoms with E-state index >= 15 is 0 Å². The summed E-state index contributed by atoms with van der Waals surface area (Å²) in [6.45, 7) is 6.82. The third-order valence-electron chi connectivity index (χ3n) is 5.36.